The van der Waals surface area contributed by atoms with Crippen LogP contribution in [-0.2, 0) is 0 Å². The van der Waals surface area contributed by atoms with E-state index < -0.39 is 0 Å². The molecule has 6 rings (SSSR count). The summed E-state index contributed by atoms with van der Waals surface area (Å²) in [4.78, 5) is 15.0. The summed E-state index contributed by atoms with van der Waals surface area (Å²) in [6, 6.07) is 20.9. The van der Waals surface area contributed by atoms with Crippen LogP contribution in [0.25, 0.3) is 16.7 Å². The summed E-state index contributed by atoms with van der Waals surface area (Å²) < 4.78 is 6.00. The highest BCUT2D eigenvalue weighted by atomic mass is 16.5. The Morgan fingerprint density at radius 3 is 2.27 bits per heavy atom. The second-order valence-electron chi connectivity index (χ2n) is 12.1. The van der Waals surface area contributed by atoms with Gasteiger partial charge in [-0.2, -0.15) is 5.10 Å². The van der Waals surface area contributed by atoms with Crippen LogP contribution in [0, 0.1) is 5.41 Å². The summed E-state index contributed by atoms with van der Waals surface area (Å²) in [7, 11) is 0. The quantitative estimate of drug-likeness (QED) is 0.219. The zero-order chi connectivity index (χ0) is 31.0. The second kappa shape index (κ2) is 11.6. The topological polar surface area (TPSA) is 119 Å². The number of hydrogen-bond donors (Lipinski definition) is 1. The third-order valence-electron chi connectivity index (χ3n) is 7.38. The van der Waals surface area contributed by atoms with Crippen molar-refractivity contribution < 1.29 is 9.84 Å². The molecule has 0 atom stereocenters. The Kier molecular flexibility index (Phi) is 7.62. The Labute approximate surface area is 256 Å². The molecule has 44 heavy (non-hydrogen) atoms. The maximum Gasteiger partial charge on any atom is 0.204 e. The number of anilines is 1. The average molecular weight is 592 g/mol. The van der Waals surface area contributed by atoms with Gasteiger partial charge in [0.05, 0.1) is 17.9 Å². The van der Waals surface area contributed by atoms with E-state index in [0.29, 0.717) is 30.4 Å². The van der Waals surface area contributed by atoms with Gasteiger partial charge in [0.25, 0.3) is 0 Å². The fourth-order valence-corrected chi connectivity index (χ4v) is 4.98. The largest absolute Gasteiger partial charge is 0.505 e. The number of aromatic hydroxyl groups is 1. The van der Waals surface area contributed by atoms with Gasteiger partial charge < -0.3 is 14.7 Å². The minimum absolute atomic E-state index is 0.0490. The first kappa shape index (κ1) is 29.0. The van der Waals surface area contributed by atoms with E-state index in [4.69, 9.17) is 19.8 Å². The van der Waals surface area contributed by atoms with Crippen molar-refractivity contribution in [2.24, 2.45) is 15.5 Å². The van der Waals surface area contributed by atoms with E-state index in [1.165, 1.54) is 4.80 Å². The minimum Gasteiger partial charge on any atom is -0.505 e. The number of hydrogen-bond acceptors (Lipinski definition) is 9. The van der Waals surface area contributed by atoms with Crippen molar-refractivity contribution in [2.45, 2.75) is 47.5 Å². The van der Waals surface area contributed by atoms with Crippen molar-refractivity contribution in [1.29, 1.82) is 0 Å². The molecule has 0 saturated carbocycles. The molecule has 3 heterocycles. The summed E-state index contributed by atoms with van der Waals surface area (Å²) in [5.74, 6) is 2.27. The molecule has 0 saturated heterocycles. The van der Waals surface area contributed by atoms with Crippen molar-refractivity contribution in [3.05, 3.63) is 78.4 Å². The Hall–Kier alpha value is -5.06. The smallest absolute Gasteiger partial charge is 0.204 e. The Morgan fingerprint density at radius 1 is 0.955 bits per heavy atom. The molecule has 226 valence electrons. The molecular formula is C33H37N9O2. The molecule has 0 aliphatic carbocycles. The van der Waals surface area contributed by atoms with Crippen LogP contribution in [0.2, 0.25) is 0 Å². The molecular weight excluding hydrogens is 554 g/mol. The van der Waals surface area contributed by atoms with Gasteiger partial charge in [0, 0.05) is 29.6 Å². The Bertz CT molecular complexity index is 1830. The first-order valence-electron chi connectivity index (χ1n) is 14.9. The molecule has 0 radical (unpaired) electrons. The van der Waals surface area contributed by atoms with Crippen LogP contribution < -0.4 is 9.64 Å². The fraction of sp³-hybridized carbons (Fsp3) is 0.333. The van der Waals surface area contributed by atoms with E-state index in [9.17, 15) is 5.11 Å². The van der Waals surface area contributed by atoms with E-state index in [2.05, 4.69) is 73.9 Å². The number of nitrogens with zero attached hydrogens (tertiary/aromatic N) is 9. The third-order valence-corrected chi connectivity index (χ3v) is 7.38. The van der Waals surface area contributed by atoms with Gasteiger partial charge in [0.15, 0.2) is 5.82 Å². The first-order chi connectivity index (χ1) is 21.1. The normalized spacial score (nSPS) is 14.0. The molecule has 5 aromatic rings. The fourth-order valence-electron chi connectivity index (χ4n) is 4.98. The Balaban J connectivity index is 1.12. The predicted octanol–water partition coefficient (Wildman–Crippen LogP) is 6.13. The molecule has 0 fully saturated rings. The molecule has 11 nitrogen and oxygen atoms in total. The van der Waals surface area contributed by atoms with Crippen molar-refractivity contribution in [2.75, 3.05) is 24.6 Å². The second-order valence-corrected chi connectivity index (χ2v) is 12.1. The van der Waals surface area contributed by atoms with E-state index >= 15 is 0 Å². The monoisotopic (exact) mass is 591 g/mol. The van der Waals surface area contributed by atoms with Crippen molar-refractivity contribution in [1.82, 2.24) is 29.9 Å². The molecule has 3 aromatic carbocycles. The standard InChI is InChI=1S/C33H37N9O2/c1-7-40(18-19-44-24-16-17-27(28(43)20-24)41-36-25-10-8-9-11-26(25)37-41)23-14-12-22(13-15-23)34-29-30(33(4,5)6)38-42-32(29)35-31(39-42)21(2)3/h8-17,20-21,43H,7,18-19H2,1-6H3. The number of aliphatic imine (C=N–C) groups is 1. The number of phenols is 1. The maximum atomic E-state index is 10.7. The summed E-state index contributed by atoms with van der Waals surface area (Å²) in [5.41, 5.74) is 5.33. The molecule has 0 amide bonds. The van der Waals surface area contributed by atoms with Crippen molar-refractivity contribution in [3.8, 4) is 17.2 Å². The van der Waals surface area contributed by atoms with Crippen LogP contribution in [0.1, 0.15) is 59.1 Å². The zero-order valence-electron chi connectivity index (χ0n) is 25.9. The van der Waals surface area contributed by atoms with E-state index in [1.54, 1.807) is 16.9 Å². The van der Waals surface area contributed by atoms with Gasteiger partial charge in [-0.25, -0.2) is 9.98 Å². The number of benzene rings is 3. The zero-order valence-corrected chi connectivity index (χ0v) is 25.9. The number of likely N-dealkylation sites (N-methyl/N-ethyl adjacent to an activating group) is 1. The summed E-state index contributed by atoms with van der Waals surface area (Å²) >= 11 is 0. The van der Waals surface area contributed by atoms with Crippen LogP contribution in [0.5, 0.6) is 11.5 Å². The predicted molar refractivity (Wildman–Crippen MR) is 173 cm³/mol. The molecule has 11 heteroatoms. The van der Waals surface area contributed by atoms with Gasteiger partial charge in [-0.15, -0.1) is 24.9 Å². The number of phenolic OH excluding ortho intramolecular Hbond substituents is 1. The first-order valence-corrected chi connectivity index (χ1v) is 14.9. The highest BCUT2D eigenvalue weighted by Crippen LogP contribution is 2.29. The molecule has 1 aliphatic heterocycles. The lowest BCUT2D eigenvalue weighted by molar-refractivity contribution is 0.322. The van der Waals surface area contributed by atoms with Gasteiger partial charge in [0.2, 0.25) is 5.82 Å². The van der Waals surface area contributed by atoms with Crippen LogP contribution in [0.15, 0.2) is 76.8 Å². The maximum absolute atomic E-state index is 10.7. The lowest BCUT2D eigenvalue weighted by Crippen LogP contribution is -2.28. The SMILES string of the molecule is CCN(CCOc1ccc(-n2nc3ccccc3n2)c(O)c1)c1ccc(N=C2C(C(C)(C)C)=Nn3nc(C(C)C)nc32)cc1. The number of ether oxygens (including phenoxy) is 1. The third kappa shape index (κ3) is 5.77. The highest BCUT2D eigenvalue weighted by molar-refractivity contribution is 6.50. The number of rotatable bonds is 9. The van der Waals surface area contributed by atoms with Gasteiger partial charge in [0.1, 0.15) is 40.5 Å². The van der Waals surface area contributed by atoms with Crippen LogP contribution in [-0.4, -0.2) is 66.1 Å². The lowest BCUT2D eigenvalue weighted by atomic mass is 9.87. The molecule has 2 aromatic heterocycles. The molecule has 0 unspecified atom stereocenters. The van der Waals surface area contributed by atoms with E-state index in [1.807, 2.05) is 42.5 Å². The Morgan fingerprint density at radius 2 is 1.66 bits per heavy atom. The summed E-state index contributed by atoms with van der Waals surface area (Å²) in [6.45, 7) is 14.5. The molecule has 0 bridgehead atoms. The summed E-state index contributed by atoms with van der Waals surface area (Å²) in [5, 5.41) is 28.9. The van der Waals surface area contributed by atoms with Crippen molar-refractivity contribution >= 4 is 33.8 Å². The lowest BCUT2D eigenvalue weighted by Gasteiger charge is -2.23. The molecule has 1 aliphatic rings. The van der Waals surface area contributed by atoms with Crippen LogP contribution in [0.4, 0.5) is 11.4 Å². The number of aromatic nitrogens is 6. The van der Waals surface area contributed by atoms with E-state index in [0.717, 1.165) is 46.2 Å². The van der Waals surface area contributed by atoms with E-state index in [-0.39, 0.29) is 17.1 Å². The van der Waals surface area contributed by atoms with Crippen LogP contribution in [0.3, 0.4) is 0 Å². The molecule has 1 N–H and O–H groups in total. The van der Waals surface area contributed by atoms with Gasteiger partial charge in [-0.1, -0.05) is 46.8 Å². The minimum atomic E-state index is -0.208. The van der Waals surface area contributed by atoms with Crippen molar-refractivity contribution in [3.63, 3.8) is 0 Å². The highest BCUT2D eigenvalue weighted by Gasteiger charge is 2.35. The summed E-state index contributed by atoms with van der Waals surface area (Å²) in [6.07, 6.45) is 0. The van der Waals surface area contributed by atoms with Gasteiger partial charge >= 0.3 is 0 Å². The van der Waals surface area contributed by atoms with Gasteiger partial charge in [-0.05, 0) is 55.5 Å². The van der Waals surface area contributed by atoms with Gasteiger partial charge in [-0.3, -0.25) is 0 Å². The molecule has 0 spiro atoms. The van der Waals surface area contributed by atoms with Crippen LogP contribution >= 0.6 is 0 Å². The average Bonchev–Trinajstić information content (AvgIpc) is 3.70. The number of fused-ring (bicyclic) bond motifs is 2.